The van der Waals surface area contributed by atoms with Gasteiger partial charge in [0.25, 0.3) is 5.56 Å². The van der Waals surface area contributed by atoms with Crippen LogP contribution in [0.5, 0.6) is 0 Å². The van der Waals surface area contributed by atoms with Gasteiger partial charge >= 0.3 is 0 Å². The van der Waals surface area contributed by atoms with E-state index < -0.39 is 0 Å². The molecule has 8 heteroatoms. The van der Waals surface area contributed by atoms with E-state index >= 15 is 0 Å². The van der Waals surface area contributed by atoms with E-state index in [-0.39, 0.29) is 5.56 Å². The number of hydrogen-bond donors (Lipinski definition) is 0. The molecule has 0 aliphatic rings. The molecule has 0 saturated carbocycles. The molecular weight excluding hydrogens is 426 g/mol. The molecule has 5 rings (SSSR count). The Balaban J connectivity index is 1.48. The van der Waals surface area contributed by atoms with Crippen LogP contribution < -0.4 is 5.56 Å². The Morgan fingerprint density at radius 1 is 0.903 bits per heavy atom. The summed E-state index contributed by atoms with van der Waals surface area (Å²) in [5.74, 6) is 0.489. The van der Waals surface area contributed by atoms with Crippen LogP contribution in [0.4, 0.5) is 0 Å². The molecule has 0 atom stereocenters. The first-order valence-corrected chi connectivity index (χ1v) is 11.5. The summed E-state index contributed by atoms with van der Waals surface area (Å²) in [4.78, 5) is 22.5. The van der Waals surface area contributed by atoms with E-state index in [1.54, 1.807) is 10.5 Å². The summed E-state index contributed by atoms with van der Waals surface area (Å²) in [5, 5.41) is 11.3. The molecule has 152 valence electrons. The molecule has 3 aromatic heterocycles. The predicted molar refractivity (Wildman–Crippen MR) is 124 cm³/mol. The summed E-state index contributed by atoms with van der Waals surface area (Å²) in [5.41, 5.74) is 4.99. The van der Waals surface area contributed by atoms with Gasteiger partial charge in [-0.2, -0.15) is 0 Å². The zero-order chi connectivity index (χ0) is 21.2. The minimum absolute atomic E-state index is 0.0669. The Morgan fingerprint density at radius 3 is 2.29 bits per heavy atom. The summed E-state index contributed by atoms with van der Waals surface area (Å²) >= 11 is 2.88. The van der Waals surface area contributed by atoms with Crippen molar-refractivity contribution in [2.45, 2.75) is 17.8 Å². The lowest BCUT2D eigenvalue weighted by molar-refractivity contribution is 0.849. The summed E-state index contributed by atoms with van der Waals surface area (Å²) in [6.45, 7) is 1.90. The molecule has 31 heavy (non-hydrogen) atoms. The topological polar surface area (TPSA) is 73.0 Å². The molecule has 0 radical (unpaired) electrons. The van der Waals surface area contributed by atoms with Gasteiger partial charge < -0.3 is 0 Å². The molecular formula is C23H17N5OS2. The highest BCUT2D eigenvalue weighted by atomic mass is 32.2. The third-order valence-electron chi connectivity index (χ3n) is 4.74. The largest absolute Gasteiger partial charge is 0.269 e. The Labute approximate surface area is 186 Å². The fourth-order valence-electron chi connectivity index (χ4n) is 3.27. The maximum absolute atomic E-state index is 12.4. The average molecular weight is 444 g/mol. The molecule has 0 unspecified atom stereocenters. The minimum Gasteiger partial charge on any atom is -0.269 e. The van der Waals surface area contributed by atoms with E-state index in [1.165, 1.54) is 23.1 Å². The Hall–Kier alpha value is -3.36. The van der Waals surface area contributed by atoms with Crippen LogP contribution >= 0.6 is 23.1 Å². The van der Waals surface area contributed by atoms with Crippen molar-refractivity contribution in [1.29, 1.82) is 0 Å². The van der Waals surface area contributed by atoms with E-state index in [2.05, 4.69) is 15.2 Å². The van der Waals surface area contributed by atoms with Gasteiger partial charge in [-0.15, -0.1) is 21.5 Å². The van der Waals surface area contributed by atoms with Crippen LogP contribution in [-0.4, -0.2) is 24.6 Å². The van der Waals surface area contributed by atoms with E-state index in [1.807, 2.05) is 73.0 Å². The lowest BCUT2D eigenvalue weighted by Crippen LogP contribution is -2.14. The molecule has 0 fully saturated rings. The molecule has 3 heterocycles. The van der Waals surface area contributed by atoms with Gasteiger partial charge in [0.05, 0.1) is 5.69 Å². The number of aromatic nitrogens is 5. The molecule has 6 nitrogen and oxygen atoms in total. The van der Waals surface area contributed by atoms with Crippen molar-refractivity contribution in [3.8, 4) is 22.5 Å². The number of thioether (sulfide) groups is 1. The summed E-state index contributed by atoms with van der Waals surface area (Å²) < 4.78 is 1.62. The average Bonchev–Trinajstić information content (AvgIpc) is 3.20. The highest BCUT2D eigenvalue weighted by Gasteiger charge is 2.14. The van der Waals surface area contributed by atoms with Crippen LogP contribution in [0.25, 0.3) is 27.5 Å². The number of fused-ring (bicyclic) bond motifs is 1. The zero-order valence-corrected chi connectivity index (χ0v) is 18.2. The van der Waals surface area contributed by atoms with E-state index in [4.69, 9.17) is 4.98 Å². The molecule has 0 aliphatic carbocycles. The molecule has 0 bridgehead atoms. The first-order valence-electron chi connectivity index (χ1n) is 9.64. The number of benzene rings is 2. The number of nitrogens with zero attached hydrogens (tertiary/aromatic N) is 5. The van der Waals surface area contributed by atoms with Gasteiger partial charge in [0.15, 0.2) is 4.96 Å². The van der Waals surface area contributed by atoms with Crippen LogP contribution in [0.3, 0.4) is 0 Å². The second-order valence-electron chi connectivity index (χ2n) is 6.89. The second kappa shape index (κ2) is 8.41. The van der Waals surface area contributed by atoms with Crippen LogP contribution in [0.2, 0.25) is 0 Å². The molecule has 0 amide bonds. The van der Waals surface area contributed by atoms with E-state index in [9.17, 15) is 4.79 Å². The van der Waals surface area contributed by atoms with E-state index in [0.717, 1.165) is 28.2 Å². The Bertz CT molecular complexity index is 1410. The Morgan fingerprint density at radius 2 is 1.58 bits per heavy atom. The van der Waals surface area contributed by atoms with Gasteiger partial charge in [-0.3, -0.25) is 9.20 Å². The molecule has 5 aromatic rings. The predicted octanol–water partition coefficient (Wildman–Crippen LogP) is 4.88. The maximum Gasteiger partial charge on any atom is 0.258 e. The smallest absolute Gasteiger partial charge is 0.258 e. The summed E-state index contributed by atoms with van der Waals surface area (Å²) in [7, 11) is 0. The highest BCUT2D eigenvalue weighted by molar-refractivity contribution is 7.98. The fourth-order valence-corrected chi connectivity index (χ4v) is 4.84. The van der Waals surface area contributed by atoms with Gasteiger partial charge in [-0.1, -0.05) is 72.4 Å². The minimum atomic E-state index is -0.0669. The molecule has 0 saturated heterocycles. The van der Waals surface area contributed by atoms with Crippen LogP contribution in [0.15, 0.2) is 82.1 Å². The second-order valence-corrected chi connectivity index (χ2v) is 8.67. The molecule has 0 aliphatic heterocycles. The van der Waals surface area contributed by atoms with Gasteiger partial charge in [0, 0.05) is 34.0 Å². The first-order chi connectivity index (χ1) is 15.2. The number of rotatable bonds is 5. The fraction of sp³-hybridized carbons (Fsp3) is 0.0870. The first kappa shape index (κ1) is 19.6. The van der Waals surface area contributed by atoms with E-state index in [0.29, 0.717) is 21.6 Å². The maximum atomic E-state index is 12.4. The lowest BCUT2D eigenvalue weighted by Gasteiger charge is -2.09. The Kier molecular flexibility index (Phi) is 5.31. The van der Waals surface area contributed by atoms with Crippen molar-refractivity contribution >= 4 is 28.1 Å². The van der Waals surface area contributed by atoms with Gasteiger partial charge in [0.1, 0.15) is 11.4 Å². The van der Waals surface area contributed by atoms with Gasteiger partial charge in [-0.25, -0.2) is 9.97 Å². The van der Waals surface area contributed by atoms with Crippen molar-refractivity contribution in [3.63, 3.8) is 0 Å². The number of aryl methyl sites for hydroxylation is 1. The molecule has 2 aromatic carbocycles. The van der Waals surface area contributed by atoms with Crippen LogP contribution in [-0.2, 0) is 5.75 Å². The van der Waals surface area contributed by atoms with Crippen molar-refractivity contribution < 1.29 is 0 Å². The SMILES string of the molecule is Cc1csc2nc(CSc3nnc(-c4ccccc4)c(-c4ccccc4)n3)cc(=O)n12. The van der Waals surface area contributed by atoms with Crippen molar-refractivity contribution in [2.24, 2.45) is 0 Å². The highest BCUT2D eigenvalue weighted by Crippen LogP contribution is 2.30. The van der Waals surface area contributed by atoms with Crippen molar-refractivity contribution in [1.82, 2.24) is 24.6 Å². The van der Waals surface area contributed by atoms with Crippen molar-refractivity contribution in [3.05, 3.63) is 93.9 Å². The zero-order valence-electron chi connectivity index (χ0n) is 16.6. The molecule has 0 spiro atoms. The summed E-state index contributed by atoms with van der Waals surface area (Å²) in [6.07, 6.45) is 0. The number of hydrogen-bond acceptors (Lipinski definition) is 7. The molecule has 0 N–H and O–H groups in total. The van der Waals surface area contributed by atoms with Crippen molar-refractivity contribution in [2.75, 3.05) is 0 Å². The van der Waals surface area contributed by atoms with Crippen LogP contribution in [0.1, 0.15) is 11.4 Å². The van der Waals surface area contributed by atoms with Gasteiger partial charge in [-0.05, 0) is 6.92 Å². The number of thiazole rings is 1. The summed E-state index contributed by atoms with van der Waals surface area (Å²) in [6, 6.07) is 21.5. The van der Waals surface area contributed by atoms with Crippen LogP contribution in [0, 0.1) is 6.92 Å². The quantitative estimate of drug-likeness (QED) is 0.361. The normalized spacial score (nSPS) is 11.1. The standard InChI is InChI=1S/C23H17N5OS2/c1-15-13-31-23-24-18(12-19(29)28(15)23)14-30-22-25-20(16-8-4-2-5-9-16)21(26-27-22)17-10-6-3-7-11-17/h2-13H,14H2,1H3. The third-order valence-corrected chi connectivity index (χ3v) is 6.55. The third kappa shape index (κ3) is 3.99. The van der Waals surface area contributed by atoms with Gasteiger partial charge in [0.2, 0.25) is 5.16 Å². The lowest BCUT2D eigenvalue weighted by atomic mass is 10.0. The monoisotopic (exact) mass is 443 g/mol.